The van der Waals surface area contributed by atoms with Crippen LogP contribution in [-0.2, 0) is 0 Å². The van der Waals surface area contributed by atoms with E-state index in [1.54, 1.807) is 12.4 Å². The van der Waals surface area contributed by atoms with Gasteiger partial charge in [-0.3, -0.25) is 9.98 Å². The standard InChI is InChI=1S/C11H14N2/c1-4-6-10-7-8-13-9(3)11(10)12-5-2/h4-8H,1-3H3/b6-4-,12-5?. The molecule has 1 aromatic heterocycles. The minimum atomic E-state index is 0.961. The van der Waals surface area contributed by atoms with E-state index in [2.05, 4.69) is 9.98 Å². The highest BCUT2D eigenvalue weighted by molar-refractivity contribution is 5.70. The van der Waals surface area contributed by atoms with Crippen molar-refractivity contribution in [3.8, 4) is 0 Å². The van der Waals surface area contributed by atoms with Gasteiger partial charge in [-0.25, -0.2) is 0 Å². The number of hydrogen-bond donors (Lipinski definition) is 0. The van der Waals surface area contributed by atoms with Crippen molar-refractivity contribution in [2.24, 2.45) is 4.99 Å². The van der Waals surface area contributed by atoms with Gasteiger partial charge in [-0.2, -0.15) is 0 Å². The van der Waals surface area contributed by atoms with Crippen LogP contribution >= 0.6 is 0 Å². The van der Waals surface area contributed by atoms with Crippen LogP contribution in [0.15, 0.2) is 23.3 Å². The first kappa shape index (κ1) is 9.65. The molecule has 0 atom stereocenters. The molecule has 0 fully saturated rings. The van der Waals surface area contributed by atoms with Crippen molar-refractivity contribution in [3.05, 3.63) is 29.6 Å². The molecule has 1 aromatic rings. The monoisotopic (exact) mass is 174 g/mol. The lowest BCUT2D eigenvalue weighted by molar-refractivity contribution is 1.18. The van der Waals surface area contributed by atoms with Crippen molar-refractivity contribution in [1.82, 2.24) is 4.98 Å². The highest BCUT2D eigenvalue weighted by Gasteiger charge is 2.00. The lowest BCUT2D eigenvalue weighted by atomic mass is 10.1. The van der Waals surface area contributed by atoms with E-state index >= 15 is 0 Å². The summed E-state index contributed by atoms with van der Waals surface area (Å²) in [6, 6.07) is 1.97. The molecule has 0 N–H and O–H groups in total. The number of rotatable bonds is 2. The number of aliphatic imine (C=N–C) groups is 1. The minimum absolute atomic E-state index is 0.961. The maximum absolute atomic E-state index is 4.29. The topological polar surface area (TPSA) is 25.2 Å². The molecule has 0 saturated carbocycles. The van der Waals surface area contributed by atoms with E-state index in [4.69, 9.17) is 0 Å². The molecule has 0 aromatic carbocycles. The van der Waals surface area contributed by atoms with E-state index in [9.17, 15) is 0 Å². The smallest absolute Gasteiger partial charge is 0.0910 e. The van der Waals surface area contributed by atoms with Crippen LogP contribution in [0, 0.1) is 6.92 Å². The normalized spacial score (nSPS) is 11.6. The quantitative estimate of drug-likeness (QED) is 0.632. The molecule has 0 aliphatic carbocycles. The molecular weight excluding hydrogens is 160 g/mol. The van der Waals surface area contributed by atoms with Crippen molar-refractivity contribution < 1.29 is 0 Å². The Morgan fingerprint density at radius 3 is 2.77 bits per heavy atom. The molecule has 0 aliphatic rings. The average molecular weight is 174 g/mol. The zero-order valence-corrected chi connectivity index (χ0v) is 8.28. The molecule has 0 spiro atoms. The van der Waals surface area contributed by atoms with Crippen LogP contribution < -0.4 is 0 Å². The first-order chi connectivity index (χ1) is 6.29. The highest BCUT2D eigenvalue weighted by Crippen LogP contribution is 2.22. The summed E-state index contributed by atoms with van der Waals surface area (Å²) >= 11 is 0. The number of aryl methyl sites for hydroxylation is 1. The minimum Gasteiger partial charge on any atom is -0.259 e. The van der Waals surface area contributed by atoms with Gasteiger partial charge < -0.3 is 0 Å². The van der Waals surface area contributed by atoms with Crippen LogP contribution in [-0.4, -0.2) is 11.2 Å². The predicted molar refractivity (Wildman–Crippen MR) is 57.5 cm³/mol. The second-order valence-corrected chi connectivity index (χ2v) is 2.72. The lowest BCUT2D eigenvalue weighted by Crippen LogP contribution is -1.84. The molecule has 2 nitrogen and oxygen atoms in total. The molecule has 0 aliphatic heterocycles. The Morgan fingerprint density at radius 2 is 2.15 bits per heavy atom. The van der Waals surface area contributed by atoms with E-state index in [-0.39, 0.29) is 0 Å². The second kappa shape index (κ2) is 4.55. The van der Waals surface area contributed by atoms with Crippen LogP contribution in [0.4, 0.5) is 5.69 Å². The third kappa shape index (κ3) is 2.25. The Hall–Kier alpha value is -1.44. The number of pyridine rings is 1. The van der Waals surface area contributed by atoms with Crippen LogP contribution in [0.5, 0.6) is 0 Å². The first-order valence-corrected chi connectivity index (χ1v) is 4.36. The van der Waals surface area contributed by atoms with Crippen LogP contribution in [0.2, 0.25) is 0 Å². The van der Waals surface area contributed by atoms with Crippen molar-refractivity contribution in [3.63, 3.8) is 0 Å². The summed E-state index contributed by atoms with van der Waals surface area (Å²) < 4.78 is 0. The van der Waals surface area contributed by atoms with Gasteiger partial charge in [0.1, 0.15) is 0 Å². The van der Waals surface area contributed by atoms with Gasteiger partial charge >= 0.3 is 0 Å². The molecule has 1 heterocycles. The van der Waals surface area contributed by atoms with Crippen molar-refractivity contribution in [2.75, 3.05) is 0 Å². The first-order valence-electron chi connectivity index (χ1n) is 4.36. The van der Waals surface area contributed by atoms with Crippen molar-refractivity contribution in [2.45, 2.75) is 20.8 Å². The third-order valence-corrected chi connectivity index (χ3v) is 1.74. The molecule has 0 saturated heterocycles. The molecule has 68 valence electrons. The third-order valence-electron chi connectivity index (χ3n) is 1.74. The summed E-state index contributed by atoms with van der Waals surface area (Å²) in [7, 11) is 0. The zero-order chi connectivity index (χ0) is 9.68. The van der Waals surface area contributed by atoms with Crippen LogP contribution in [0.1, 0.15) is 25.1 Å². The maximum atomic E-state index is 4.29. The Kier molecular flexibility index (Phi) is 3.38. The summed E-state index contributed by atoms with van der Waals surface area (Å²) in [5.41, 5.74) is 3.05. The summed E-state index contributed by atoms with van der Waals surface area (Å²) in [4.78, 5) is 8.48. The van der Waals surface area contributed by atoms with Gasteiger partial charge in [-0.15, -0.1) is 0 Å². The van der Waals surface area contributed by atoms with Gasteiger partial charge in [-0.05, 0) is 26.8 Å². The van der Waals surface area contributed by atoms with Gasteiger partial charge in [0, 0.05) is 18.0 Å². The Balaban J connectivity index is 3.25. The van der Waals surface area contributed by atoms with Gasteiger partial charge in [0.15, 0.2) is 0 Å². The Labute approximate surface area is 79.0 Å². The predicted octanol–water partition coefficient (Wildman–Crippen LogP) is 3.15. The molecule has 0 bridgehead atoms. The number of hydrogen-bond acceptors (Lipinski definition) is 2. The highest BCUT2D eigenvalue weighted by atomic mass is 14.8. The molecule has 13 heavy (non-hydrogen) atoms. The molecular formula is C11H14N2. The van der Waals surface area contributed by atoms with Gasteiger partial charge in [-0.1, -0.05) is 12.2 Å². The van der Waals surface area contributed by atoms with E-state index < -0.39 is 0 Å². The van der Waals surface area contributed by atoms with Gasteiger partial charge in [0.25, 0.3) is 0 Å². The lowest BCUT2D eigenvalue weighted by Gasteiger charge is -2.02. The zero-order valence-electron chi connectivity index (χ0n) is 8.28. The van der Waals surface area contributed by atoms with Crippen molar-refractivity contribution >= 4 is 18.0 Å². The summed E-state index contributed by atoms with van der Waals surface area (Å²) in [6.45, 7) is 5.87. The Bertz CT molecular complexity index is 338. The second-order valence-electron chi connectivity index (χ2n) is 2.72. The fraction of sp³-hybridized carbons (Fsp3) is 0.273. The van der Waals surface area contributed by atoms with Gasteiger partial charge in [0.2, 0.25) is 0 Å². The van der Waals surface area contributed by atoms with Gasteiger partial charge in [0.05, 0.1) is 11.4 Å². The van der Waals surface area contributed by atoms with Crippen LogP contribution in [0.25, 0.3) is 6.08 Å². The summed E-state index contributed by atoms with van der Waals surface area (Å²) in [5.74, 6) is 0. The average Bonchev–Trinajstić information content (AvgIpc) is 2.11. The molecule has 0 amide bonds. The number of allylic oxidation sites excluding steroid dienone is 1. The van der Waals surface area contributed by atoms with E-state index in [0.717, 1.165) is 16.9 Å². The molecule has 0 unspecified atom stereocenters. The number of nitrogens with zero attached hydrogens (tertiary/aromatic N) is 2. The largest absolute Gasteiger partial charge is 0.259 e. The fourth-order valence-electron chi connectivity index (χ4n) is 1.19. The molecule has 1 rings (SSSR count). The summed E-state index contributed by atoms with van der Waals surface area (Å²) in [6.07, 6.45) is 7.64. The maximum Gasteiger partial charge on any atom is 0.0910 e. The van der Waals surface area contributed by atoms with E-state index in [0.29, 0.717) is 0 Å². The van der Waals surface area contributed by atoms with Crippen LogP contribution in [0.3, 0.4) is 0 Å². The Morgan fingerprint density at radius 1 is 1.38 bits per heavy atom. The van der Waals surface area contributed by atoms with Crippen molar-refractivity contribution in [1.29, 1.82) is 0 Å². The SMILES string of the molecule is CC=Nc1c(/C=C\C)ccnc1C. The van der Waals surface area contributed by atoms with E-state index in [1.807, 2.05) is 39.0 Å². The fourth-order valence-corrected chi connectivity index (χ4v) is 1.19. The molecule has 2 heteroatoms. The van der Waals surface area contributed by atoms with E-state index in [1.165, 1.54) is 0 Å². The summed E-state index contributed by atoms with van der Waals surface area (Å²) in [5, 5.41) is 0. The number of aromatic nitrogens is 1. The molecule has 0 radical (unpaired) electrons.